The third-order valence-electron chi connectivity index (χ3n) is 4.70. The molecule has 2 N–H and O–H groups in total. The third kappa shape index (κ3) is 4.67. The van der Waals surface area contributed by atoms with E-state index in [0.717, 1.165) is 50.5 Å². The number of hydrogen-bond donors (Lipinski definition) is 2. The summed E-state index contributed by atoms with van der Waals surface area (Å²) in [5, 5.41) is 16.0. The summed E-state index contributed by atoms with van der Waals surface area (Å²) >= 11 is 0. The number of nitrogens with zero attached hydrogens (tertiary/aromatic N) is 4. The smallest absolute Gasteiger partial charge is 0.309 e. The van der Waals surface area contributed by atoms with Crippen LogP contribution in [0.5, 0.6) is 0 Å². The van der Waals surface area contributed by atoms with E-state index in [9.17, 15) is 4.79 Å². The topological polar surface area (TPSA) is 96.3 Å². The Morgan fingerprint density at radius 2 is 2.24 bits per heavy atom. The number of methoxy groups -OCH3 is 1. The number of aromatic nitrogens is 4. The van der Waals surface area contributed by atoms with Crippen molar-refractivity contribution in [1.29, 1.82) is 0 Å². The van der Waals surface area contributed by atoms with Gasteiger partial charge < -0.3 is 14.4 Å². The number of piperidine rings is 1. The fourth-order valence-electron chi connectivity index (χ4n) is 3.31. The molecule has 0 unspecified atom stereocenters. The summed E-state index contributed by atoms with van der Waals surface area (Å²) in [7, 11) is 1.71. The number of nitrogens with one attached hydrogen (secondary N) is 1. The van der Waals surface area contributed by atoms with Gasteiger partial charge in [-0.05, 0) is 32.0 Å². The van der Waals surface area contributed by atoms with Crippen LogP contribution in [-0.2, 0) is 29.0 Å². The molecule has 0 bridgehead atoms. The van der Waals surface area contributed by atoms with Crippen molar-refractivity contribution < 1.29 is 14.6 Å². The Kier molecular flexibility index (Phi) is 5.83. The number of carboxylic acids is 1. The summed E-state index contributed by atoms with van der Waals surface area (Å²) in [5.74, 6) is 0.622. The zero-order valence-corrected chi connectivity index (χ0v) is 14.5. The predicted molar refractivity (Wildman–Crippen MR) is 91.3 cm³/mol. The first-order chi connectivity index (χ1) is 12.2. The molecule has 8 heteroatoms. The number of aliphatic carboxylic acids is 1. The van der Waals surface area contributed by atoms with Crippen LogP contribution in [0.4, 0.5) is 0 Å². The van der Waals surface area contributed by atoms with Crippen LogP contribution < -0.4 is 0 Å². The van der Waals surface area contributed by atoms with E-state index in [2.05, 4.69) is 24.6 Å². The minimum Gasteiger partial charge on any atom is -0.481 e. The van der Waals surface area contributed by atoms with Crippen LogP contribution in [0.3, 0.4) is 0 Å². The Hall–Kier alpha value is -2.19. The average molecular weight is 347 g/mol. The predicted octanol–water partition coefficient (Wildman–Crippen LogP) is 1.26. The van der Waals surface area contributed by atoms with Gasteiger partial charge in [0.2, 0.25) is 0 Å². The molecule has 0 aliphatic carbocycles. The van der Waals surface area contributed by atoms with Gasteiger partial charge in [0.25, 0.3) is 0 Å². The van der Waals surface area contributed by atoms with Crippen LogP contribution in [-0.4, -0.2) is 62.5 Å². The van der Waals surface area contributed by atoms with Gasteiger partial charge in [0.15, 0.2) is 0 Å². The summed E-state index contributed by atoms with van der Waals surface area (Å²) in [4.78, 5) is 17.6. The molecule has 1 aliphatic heterocycles. The lowest BCUT2D eigenvalue weighted by Crippen LogP contribution is -2.33. The van der Waals surface area contributed by atoms with Crippen molar-refractivity contribution in [2.45, 2.75) is 38.3 Å². The molecular formula is C17H25N5O3. The number of ether oxygens (including phenoxy) is 1. The van der Waals surface area contributed by atoms with Gasteiger partial charge in [-0.3, -0.25) is 14.8 Å². The lowest BCUT2D eigenvalue weighted by molar-refractivity contribution is -0.136. The Morgan fingerprint density at radius 3 is 2.96 bits per heavy atom. The molecule has 1 fully saturated rings. The minimum absolute atomic E-state index is 0.00399. The normalized spacial score (nSPS) is 16.4. The number of imidazole rings is 1. The summed E-state index contributed by atoms with van der Waals surface area (Å²) < 4.78 is 7.28. The molecule has 0 aromatic carbocycles. The average Bonchev–Trinajstić information content (AvgIpc) is 3.23. The van der Waals surface area contributed by atoms with Crippen LogP contribution in [0, 0.1) is 0 Å². The van der Waals surface area contributed by atoms with Gasteiger partial charge in [-0.2, -0.15) is 5.10 Å². The molecule has 136 valence electrons. The van der Waals surface area contributed by atoms with Gasteiger partial charge in [0.1, 0.15) is 5.82 Å². The molecule has 0 spiro atoms. The largest absolute Gasteiger partial charge is 0.481 e. The van der Waals surface area contributed by atoms with E-state index in [0.29, 0.717) is 18.2 Å². The van der Waals surface area contributed by atoms with Crippen molar-refractivity contribution in [1.82, 2.24) is 24.6 Å². The van der Waals surface area contributed by atoms with Crippen LogP contribution in [0.1, 0.15) is 36.0 Å². The van der Waals surface area contributed by atoms with Crippen molar-refractivity contribution in [3.8, 4) is 0 Å². The summed E-state index contributed by atoms with van der Waals surface area (Å²) in [6.07, 6.45) is 5.88. The van der Waals surface area contributed by atoms with E-state index < -0.39 is 5.97 Å². The van der Waals surface area contributed by atoms with Crippen molar-refractivity contribution in [3.05, 3.63) is 35.7 Å². The standard InChI is InChI=1S/C17H25N5O3/c1-25-9-8-22-7-4-18-16(22)12-21-5-2-13(3-6-21)15-10-14(19-20-15)11-17(23)24/h4,7,10,13H,2-3,5-6,8-9,11-12H2,1H3,(H,19,20)(H,23,24). The summed E-state index contributed by atoms with van der Waals surface area (Å²) in [6.45, 7) is 4.32. The molecule has 8 nitrogen and oxygen atoms in total. The number of carboxylic acid groups (broad SMARTS) is 1. The molecule has 2 aromatic heterocycles. The summed E-state index contributed by atoms with van der Waals surface area (Å²) in [6, 6.07) is 1.89. The number of likely N-dealkylation sites (tertiary alicyclic amines) is 1. The molecular weight excluding hydrogens is 322 g/mol. The molecule has 25 heavy (non-hydrogen) atoms. The van der Waals surface area contributed by atoms with Gasteiger partial charge in [0.05, 0.1) is 25.3 Å². The maximum Gasteiger partial charge on any atom is 0.309 e. The summed E-state index contributed by atoms with van der Waals surface area (Å²) in [5.41, 5.74) is 1.66. The number of hydrogen-bond acceptors (Lipinski definition) is 5. The maximum absolute atomic E-state index is 10.8. The highest BCUT2D eigenvalue weighted by Crippen LogP contribution is 2.27. The maximum atomic E-state index is 10.8. The van der Waals surface area contributed by atoms with Gasteiger partial charge in [-0.15, -0.1) is 0 Å². The Labute approximate surface area is 146 Å². The van der Waals surface area contributed by atoms with Gasteiger partial charge in [-0.25, -0.2) is 4.98 Å². The second-order valence-corrected chi connectivity index (χ2v) is 6.47. The molecule has 0 saturated carbocycles. The lowest BCUT2D eigenvalue weighted by Gasteiger charge is -2.31. The van der Waals surface area contributed by atoms with Crippen molar-refractivity contribution in [2.75, 3.05) is 26.8 Å². The van der Waals surface area contributed by atoms with Crippen LogP contribution in [0.15, 0.2) is 18.5 Å². The molecule has 1 saturated heterocycles. The SMILES string of the molecule is COCCn1ccnc1CN1CCC(c2cc(CC(=O)O)[nH]n2)CC1. The molecule has 0 atom stereocenters. The molecule has 3 rings (SSSR count). The molecule has 0 radical (unpaired) electrons. The highest BCUT2D eigenvalue weighted by Gasteiger charge is 2.23. The first-order valence-corrected chi connectivity index (χ1v) is 8.63. The first-order valence-electron chi connectivity index (χ1n) is 8.63. The monoisotopic (exact) mass is 347 g/mol. The number of aromatic amines is 1. The van der Waals surface area contributed by atoms with Crippen LogP contribution >= 0.6 is 0 Å². The third-order valence-corrected chi connectivity index (χ3v) is 4.70. The van der Waals surface area contributed by atoms with E-state index in [1.54, 1.807) is 7.11 Å². The van der Waals surface area contributed by atoms with Crippen LogP contribution in [0.2, 0.25) is 0 Å². The Balaban J connectivity index is 1.51. The van der Waals surface area contributed by atoms with Crippen molar-refractivity contribution in [3.63, 3.8) is 0 Å². The minimum atomic E-state index is -0.839. The molecule has 3 heterocycles. The zero-order chi connectivity index (χ0) is 17.6. The van der Waals surface area contributed by atoms with E-state index >= 15 is 0 Å². The fraction of sp³-hybridized carbons (Fsp3) is 0.588. The van der Waals surface area contributed by atoms with E-state index in [1.165, 1.54) is 0 Å². The Bertz CT molecular complexity index is 688. The van der Waals surface area contributed by atoms with E-state index in [1.807, 2.05) is 18.5 Å². The second kappa shape index (κ2) is 8.26. The fourth-order valence-corrected chi connectivity index (χ4v) is 3.31. The molecule has 2 aromatic rings. The molecule has 1 aliphatic rings. The molecule has 0 amide bonds. The lowest BCUT2D eigenvalue weighted by atomic mass is 9.93. The quantitative estimate of drug-likeness (QED) is 0.746. The van der Waals surface area contributed by atoms with Crippen LogP contribution in [0.25, 0.3) is 0 Å². The highest BCUT2D eigenvalue weighted by molar-refractivity contribution is 5.69. The van der Waals surface area contributed by atoms with E-state index in [-0.39, 0.29) is 6.42 Å². The highest BCUT2D eigenvalue weighted by atomic mass is 16.5. The van der Waals surface area contributed by atoms with Gasteiger partial charge >= 0.3 is 5.97 Å². The number of carbonyl (C=O) groups is 1. The van der Waals surface area contributed by atoms with E-state index in [4.69, 9.17) is 9.84 Å². The second-order valence-electron chi connectivity index (χ2n) is 6.47. The Morgan fingerprint density at radius 1 is 1.44 bits per heavy atom. The van der Waals surface area contributed by atoms with Gasteiger partial charge in [-0.1, -0.05) is 0 Å². The van der Waals surface area contributed by atoms with Crippen molar-refractivity contribution in [2.24, 2.45) is 0 Å². The zero-order valence-electron chi connectivity index (χ0n) is 14.5. The first kappa shape index (κ1) is 17.6. The van der Waals surface area contributed by atoms with Gasteiger partial charge in [0, 0.05) is 37.7 Å². The van der Waals surface area contributed by atoms with Crippen molar-refractivity contribution >= 4 is 5.97 Å². The number of rotatable bonds is 8. The number of H-pyrrole nitrogens is 1.